The van der Waals surface area contributed by atoms with Gasteiger partial charge in [0.15, 0.2) is 0 Å². The van der Waals surface area contributed by atoms with Crippen LogP contribution >= 0.6 is 12.2 Å². The predicted molar refractivity (Wildman–Crippen MR) is 120 cm³/mol. The summed E-state index contributed by atoms with van der Waals surface area (Å²) < 4.78 is 0.987. The van der Waals surface area contributed by atoms with Crippen LogP contribution in [0.3, 0.4) is 0 Å². The zero-order valence-electron chi connectivity index (χ0n) is 14.9. The summed E-state index contributed by atoms with van der Waals surface area (Å²) in [4.78, 5) is 7.67. The molecule has 0 fully saturated rings. The van der Waals surface area contributed by atoms with Crippen LogP contribution in [0.25, 0.3) is 11.3 Å². The van der Waals surface area contributed by atoms with E-state index in [1.807, 2.05) is 78.9 Å². The summed E-state index contributed by atoms with van der Waals surface area (Å²) in [5.41, 5.74) is 7.98. The van der Waals surface area contributed by atoms with Gasteiger partial charge in [-0.25, -0.2) is 0 Å². The molecule has 28 heavy (non-hydrogen) atoms. The molecule has 136 valence electrons. The van der Waals surface area contributed by atoms with E-state index in [0.29, 0.717) is 4.99 Å². The second-order valence-corrected chi connectivity index (χ2v) is 8.25. The van der Waals surface area contributed by atoms with Crippen LogP contribution in [0.15, 0.2) is 101 Å². The third-order valence-electron chi connectivity index (χ3n) is 4.13. The maximum atomic E-state index is 5.50. The molecule has 0 aliphatic rings. The van der Waals surface area contributed by atoms with Gasteiger partial charge < -0.3 is 0 Å². The van der Waals surface area contributed by atoms with Crippen LogP contribution in [0.5, 0.6) is 0 Å². The monoisotopic (exact) mass is 447 g/mol. The molecule has 0 spiro atoms. The Labute approximate surface area is 175 Å². The zero-order chi connectivity index (χ0) is 19.2. The quantitative estimate of drug-likeness (QED) is 0.212. The maximum absolute atomic E-state index is 5.50. The number of hydrogen-bond donors (Lipinski definition) is 1. The second-order valence-electron chi connectivity index (χ2n) is 6.04. The average Bonchev–Trinajstić information content (AvgIpc) is 3.26. The van der Waals surface area contributed by atoms with Crippen molar-refractivity contribution in [3.8, 4) is 11.3 Å². The molecule has 1 heterocycles. The first-order valence-corrected chi connectivity index (χ1v) is 11.1. The van der Waals surface area contributed by atoms with E-state index in [9.17, 15) is 0 Å². The van der Waals surface area contributed by atoms with Gasteiger partial charge in [0.05, 0.1) is 0 Å². The summed E-state index contributed by atoms with van der Waals surface area (Å²) in [7, 11) is 0. The molecule has 5 heteroatoms. The van der Waals surface area contributed by atoms with E-state index in [1.54, 1.807) is 0 Å². The van der Waals surface area contributed by atoms with E-state index in [1.165, 1.54) is 0 Å². The van der Waals surface area contributed by atoms with Crippen LogP contribution in [-0.4, -0.2) is 30.2 Å². The average molecular weight is 446 g/mol. The number of aromatic nitrogens is 1. The molecule has 0 bridgehead atoms. The minimum atomic E-state index is 0.107. The first kappa shape index (κ1) is 18.5. The van der Waals surface area contributed by atoms with Crippen molar-refractivity contribution >= 4 is 37.4 Å². The van der Waals surface area contributed by atoms with Gasteiger partial charge in [0.25, 0.3) is 0 Å². The van der Waals surface area contributed by atoms with E-state index in [-0.39, 0.29) is 14.5 Å². The Balaban J connectivity index is 1.67. The number of rotatable bonds is 5. The normalized spacial score (nSPS) is 11.2. The van der Waals surface area contributed by atoms with Gasteiger partial charge in [-0.05, 0) is 0 Å². The fourth-order valence-corrected chi connectivity index (χ4v) is 4.66. The fourth-order valence-electron chi connectivity index (χ4n) is 2.72. The first-order valence-electron chi connectivity index (χ1n) is 8.81. The Morgan fingerprint density at radius 1 is 0.786 bits per heavy atom. The Morgan fingerprint density at radius 3 is 2.00 bits per heavy atom. The van der Waals surface area contributed by atoms with Crippen molar-refractivity contribution < 1.29 is 0 Å². The van der Waals surface area contributed by atoms with Gasteiger partial charge in [0, 0.05) is 0 Å². The Morgan fingerprint density at radius 2 is 1.36 bits per heavy atom. The van der Waals surface area contributed by atoms with Gasteiger partial charge in [-0.2, -0.15) is 0 Å². The number of nitrogens with zero attached hydrogens (tertiary/aromatic N) is 2. The van der Waals surface area contributed by atoms with Crippen molar-refractivity contribution in [1.82, 2.24) is 10.4 Å². The number of thiocarbonyl (C=S) groups is 1. The molecule has 4 aromatic rings. The standard InChI is InChI=1S/C23H17N3SSe/c27-22(19-14-8-3-9-15-19)26-25-21(18-12-6-2-7-13-18)23-24-20(16-28-23)17-10-4-1-5-11-17/h1-16H,(H,26,27)/b25-21+. The second kappa shape index (κ2) is 8.89. The fraction of sp³-hybridized carbons (Fsp3) is 0. The third-order valence-corrected chi connectivity index (χ3v) is 6.24. The number of hydrazone groups is 1. The van der Waals surface area contributed by atoms with Gasteiger partial charge >= 0.3 is 176 Å². The van der Waals surface area contributed by atoms with Gasteiger partial charge in [-0.3, -0.25) is 0 Å². The summed E-state index contributed by atoms with van der Waals surface area (Å²) in [5.74, 6) is 0. The molecule has 1 N–H and O–H groups in total. The SMILES string of the molecule is S=C(N/N=C(\c1ccccc1)c1nc(-c2ccccc2)c[se]1)c1ccccc1. The molecular formula is C23H17N3SSe. The Kier molecular flexibility index (Phi) is 5.88. The Bertz CT molecular complexity index is 1090. The third kappa shape index (κ3) is 4.34. The molecule has 4 rings (SSSR count). The molecule has 0 aliphatic heterocycles. The molecule has 0 unspecified atom stereocenters. The van der Waals surface area contributed by atoms with Crippen LogP contribution in [0.1, 0.15) is 15.7 Å². The molecule has 0 aliphatic carbocycles. The van der Waals surface area contributed by atoms with Crippen molar-refractivity contribution in [2.75, 3.05) is 0 Å². The van der Waals surface area contributed by atoms with Crippen molar-refractivity contribution in [2.24, 2.45) is 5.10 Å². The van der Waals surface area contributed by atoms with Crippen molar-refractivity contribution in [1.29, 1.82) is 0 Å². The number of benzene rings is 3. The summed E-state index contributed by atoms with van der Waals surface area (Å²) in [5, 5.41) is 4.66. The molecule has 1 aromatic heterocycles. The summed E-state index contributed by atoms with van der Waals surface area (Å²) >= 11 is 5.60. The Hall–Kier alpha value is -2.85. The predicted octanol–water partition coefficient (Wildman–Crippen LogP) is 4.52. The van der Waals surface area contributed by atoms with Gasteiger partial charge in [0.2, 0.25) is 0 Å². The van der Waals surface area contributed by atoms with Crippen molar-refractivity contribution in [3.63, 3.8) is 0 Å². The number of hydrogen-bond acceptors (Lipinski definition) is 3. The van der Waals surface area contributed by atoms with E-state index in [0.717, 1.165) is 32.7 Å². The van der Waals surface area contributed by atoms with Gasteiger partial charge in [-0.15, -0.1) is 0 Å². The molecule has 3 nitrogen and oxygen atoms in total. The summed E-state index contributed by atoms with van der Waals surface area (Å²) in [6.45, 7) is 0. The molecular weight excluding hydrogens is 429 g/mol. The molecule has 0 radical (unpaired) electrons. The van der Waals surface area contributed by atoms with E-state index < -0.39 is 0 Å². The van der Waals surface area contributed by atoms with E-state index in [2.05, 4.69) is 27.6 Å². The van der Waals surface area contributed by atoms with Crippen molar-refractivity contribution in [3.05, 3.63) is 112 Å². The summed E-state index contributed by atoms with van der Waals surface area (Å²) in [6.07, 6.45) is 0. The minimum absolute atomic E-state index is 0.107. The van der Waals surface area contributed by atoms with Crippen LogP contribution < -0.4 is 5.43 Å². The molecule has 0 saturated carbocycles. The first-order chi connectivity index (χ1) is 13.8. The van der Waals surface area contributed by atoms with Crippen LogP contribution in [0, 0.1) is 0 Å². The molecule has 0 atom stereocenters. The molecule has 3 aromatic carbocycles. The molecule has 0 saturated heterocycles. The van der Waals surface area contributed by atoms with E-state index in [4.69, 9.17) is 17.2 Å². The summed E-state index contributed by atoms with van der Waals surface area (Å²) in [6, 6.07) is 30.2. The molecule has 0 amide bonds. The van der Waals surface area contributed by atoms with Crippen LogP contribution in [0.2, 0.25) is 0 Å². The van der Waals surface area contributed by atoms with Gasteiger partial charge in [-0.1, -0.05) is 0 Å². The topological polar surface area (TPSA) is 37.3 Å². The van der Waals surface area contributed by atoms with Crippen LogP contribution in [-0.2, 0) is 0 Å². The van der Waals surface area contributed by atoms with Crippen molar-refractivity contribution in [2.45, 2.75) is 0 Å². The zero-order valence-corrected chi connectivity index (χ0v) is 17.5. The van der Waals surface area contributed by atoms with Gasteiger partial charge in [0.1, 0.15) is 0 Å². The van der Waals surface area contributed by atoms with Crippen LogP contribution in [0.4, 0.5) is 0 Å². The number of nitrogens with one attached hydrogen (secondary N) is 1. The van der Waals surface area contributed by atoms with E-state index >= 15 is 0 Å².